The Morgan fingerprint density at radius 2 is 2.31 bits per heavy atom. The van der Waals surface area contributed by atoms with E-state index in [1.807, 2.05) is 0 Å². The lowest BCUT2D eigenvalue weighted by Crippen LogP contribution is -2.35. The van der Waals surface area contributed by atoms with E-state index in [2.05, 4.69) is 5.32 Å². The van der Waals surface area contributed by atoms with Crippen LogP contribution in [0.4, 0.5) is 5.69 Å². The first-order valence-electron chi connectivity index (χ1n) is 4.68. The third-order valence-corrected chi connectivity index (χ3v) is 2.21. The molecule has 0 fully saturated rings. The molecule has 0 saturated heterocycles. The zero-order valence-electron chi connectivity index (χ0n) is 8.71. The molecule has 2 N–H and O–H groups in total. The molecule has 16 heavy (non-hydrogen) atoms. The summed E-state index contributed by atoms with van der Waals surface area (Å²) in [5, 5.41) is 22.0. The number of carboxylic acids is 1. The number of nitrogens with zero attached hydrogens (tertiary/aromatic N) is 1. The average Bonchev–Trinajstić information content (AvgIpc) is 2.25. The molecule has 1 atom stereocenters. The van der Waals surface area contributed by atoms with Crippen LogP contribution < -0.4 is 5.32 Å². The van der Waals surface area contributed by atoms with E-state index in [0.29, 0.717) is 5.56 Å². The number of nitro groups is 1. The van der Waals surface area contributed by atoms with Crippen molar-refractivity contribution in [3.05, 3.63) is 39.9 Å². The fourth-order valence-electron chi connectivity index (χ4n) is 1.35. The van der Waals surface area contributed by atoms with Crippen LogP contribution in [0.2, 0.25) is 0 Å². The van der Waals surface area contributed by atoms with Crippen molar-refractivity contribution >= 4 is 11.7 Å². The molecule has 0 aromatic heterocycles. The van der Waals surface area contributed by atoms with Gasteiger partial charge in [-0.1, -0.05) is 12.1 Å². The van der Waals surface area contributed by atoms with Gasteiger partial charge in [-0.3, -0.25) is 14.9 Å². The largest absolute Gasteiger partial charge is 0.480 e. The fraction of sp³-hybridized carbons (Fsp3) is 0.300. The van der Waals surface area contributed by atoms with E-state index in [1.54, 1.807) is 12.1 Å². The summed E-state index contributed by atoms with van der Waals surface area (Å²) in [4.78, 5) is 20.8. The van der Waals surface area contributed by atoms with E-state index in [9.17, 15) is 14.9 Å². The van der Waals surface area contributed by atoms with Crippen LogP contribution in [0.15, 0.2) is 24.3 Å². The quantitative estimate of drug-likeness (QED) is 0.570. The SMILES string of the molecule is CN[C@H](Cc1cccc([N+](=O)[O-])c1)C(=O)O. The molecule has 86 valence electrons. The second-order valence-corrected chi connectivity index (χ2v) is 3.31. The number of nitrogens with one attached hydrogen (secondary N) is 1. The summed E-state index contributed by atoms with van der Waals surface area (Å²) < 4.78 is 0. The maximum Gasteiger partial charge on any atom is 0.321 e. The van der Waals surface area contributed by atoms with E-state index in [-0.39, 0.29) is 12.1 Å². The van der Waals surface area contributed by atoms with Gasteiger partial charge in [0.1, 0.15) is 6.04 Å². The molecule has 0 saturated carbocycles. The number of aliphatic carboxylic acids is 1. The summed E-state index contributed by atoms with van der Waals surface area (Å²) in [6.07, 6.45) is 0.216. The lowest BCUT2D eigenvalue weighted by atomic mass is 10.1. The van der Waals surface area contributed by atoms with Gasteiger partial charge in [-0.15, -0.1) is 0 Å². The number of non-ortho nitro benzene ring substituents is 1. The van der Waals surface area contributed by atoms with Gasteiger partial charge in [-0.05, 0) is 19.0 Å². The van der Waals surface area contributed by atoms with Crippen molar-refractivity contribution in [1.82, 2.24) is 5.32 Å². The standard InChI is InChI=1S/C10H12N2O4/c1-11-9(10(13)14)6-7-3-2-4-8(5-7)12(15)16/h2-5,9,11H,6H2,1H3,(H,13,14)/t9-/m1/s1. The maximum absolute atomic E-state index is 10.8. The predicted octanol–water partition coefficient (Wildman–Crippen LogP) is 0.810. The Labute approximate surface area is 92.0 Å². The van der Waals surface area contributed by atoms with Crippen LogP contribution >= 0.6 is 0 Å². The first-order chi connectivity index (χ1) is 7.54. The second kappa shape index (κ2) is 5.22. The number of benzene rings is 1. The molecule has 0 amide bonds. The summed E-state index contributed by atoms with van der Waals surface area (Å²) in [6, 6.07) is 5.23. The molecule has 0 bridgehead atoms. The molecule has 0 spiro atoms. The first-order valence-corrected chi connectivity index (χ1v) is 4.68. The number of carbonyl (C=O) groups is 1. The van der Waals surface area contributed by atoms with Gasteiger partial charge in [0.15, 0.2) is 0 Å². The Kier molecular flexibility index (Phi) is 3.96. The Morgan fingerprint density at radius 3 is 2.81 bits per heavy atom. The highest BCUT2D eigenvalue weighted by atomic mass is 16.6. The Bertz CT molecular complexity index is 406. The second-order valence-electron chi connectivity index (χ2n) is 3.31. The fourth-order valence-corrected chi connectivity index (χ4v) is 1.35. The third kappa shape index (κ3) is 3.03. The number of carboxylic acid groups (broad SMARTS) is 1. The maximum atomic E-state index is 10.8. The van der Waals surface area contributed by atoms with E-state index in [4.69, 9.17) is 5.11 Å². The molecule has 0 heterocycles. The number of hydrogen-bond donors (Lipinski definition) is 2. The van der Waals surface area contributed by atoms with Crippen molar-refractivity contribution in [3.63, 3.8) is 0 Å². The van der Waals surface area contributed by atoms with Crippen molar-refractivity contribution in [2.45, 2.75) is 12.5 Å². The Hall–Kier alpha value is -1.95. The van der Waals surface area contributed by atoms with Crippen LogP contribution in [-0.4, -0.2) is 29.1 Å². The molecule has 0 unspecified atom stereocenters. The number of hydrogen-bond acceptors (Lipinski definition) is 4. The van der Waals surface area contributed by atoms with E-state index >= 15 is 0 Å². The van der Waals surface area contributed by atoms with Gasteiger partial charge in [0.25, 0.3) is 5.69 Å². The van der Waals surface area contributed by atoms with Crippen LogP contribution in [0.25, 0.3) is 0 Å². The van der Waals surface area contributed by atoms with Gasteiger partial charge in [-0.25, -0.2) is 0 Å². The predicted molar refractivity (Wildman–Crippen MR) is 57.3 cm³/mol. The lowest BCUT2D eigenvalue weighted by Gasteiger charge is -2.10. The van der Waals surface area contributed by atoms with Crippen LogP contribution in [0.1, 0.15) is 5.56 Å². The van der Waals surface area contributed by atoms with Gasteiger partial charge in [0.2, 0.25) is 0 Å². The molecular formula is C10H12N2O4. The number of nitro benzene ring substituents is 1. The molecule has 1 aromatic carbocycles. The summed E-state index contributed by atoms with van der Waals surface area (Å²) in [6.45, 7) is 0. The highest BCUT2D eigenvalue weighted by Gasteiger charge is 2.16. The Balaban J connectivity index is 2.84. The summed E-state index contributed by atoms with van der Waals surface area (Å²) in [5.74, 6) is -0.978. The molecule has 0 aliphatic carbocycles. The minimum Gasteiger partial charge on any atom is -0.480 e. The monoisotopic (exact) mass is 224 g/mol. The number of likely N-dealkylation sites (N-methyl/N-ethyl adjacent to an activating group) is 1. The first kappa shape index (κ1) is 12.1. The van der Waals surface area contributed by atoms with E-state index in [1.165, 1.54) is 19.2 Å². The van der Waals surface area contributed by atoms with E-state index < -0.39 is 16.9 Å². The smallest absolute Gasteiger partial charge is 0.321 e. The highest BCUT2D eigenvalue weighted by molar-refractivity contribution is 5.73. The Morgan fingerprint density at radius 1 is 1.62 bits per heavy atom. The van der Waals surface area contributed by atoms with Crippen LogP contribution in [-0.2, 0) is 11.2 Å². The lowest BCUT2D eigenvalue weighted by molar-refractivity contribution is -0.384. The summed E-state index contributed by atoms with van der Waals surface area (Å²) in [7, 11) is 1.54. The van der Waals surface area contributed by atoms with Crippen LogP contribution in [0, 0.1) is 10.1 Å². The topological polar surface area (TPSA) is 92.5 Å². The molecule has 0 aliphatic heterocycles. The van der Waals surface area contributed by atoms with Crippen molar-refractivity contribution in [1.29, 1.82) is 0 Å². The van der Waals surface area contributed by atoms with Crippen molar-refractivity contribution < 1.29 is 14.8 Å². The molecule has 6 heteroatoms. The molecule has 0 aliphatic rings. The van der Waals surface area contributed by atoms with Gasteiger partial charge in [0.05, 0.1) is 4.92 Å². The zero-order valence-corrected chi connectivity index (χ0v) is 8.71. The van der Waals surface area contributed by atoms with Gasteiger partial charge >= 0.3 is 5.97 Å². The van der Waals surface area contributed by atoms with Gasteiger partial charge in [-0.2, -0.15) is 0 Å². The molecular weight excluding hydrogens is 212 g/mol. The minimum absolute atomic E-state index is 0.0299. The zero-order chi connectivity index (χ0) is 12.1. The van der Waals surface area contributed by atoms with Crippen molar-refractivity contribution in [2.24, 2.45) is 0 Å². The average molecular weight is 224 g/mol. The van der Waals surface area contributed by atoms with Crippen molar-refractivity contribution in [2.75, 3.05) is 7.05 Å². The summed E-state index contributed by atoms with van der Waals surface area (Å²) >= 11 is 0. The molecule has 1 rings (SSSR count). The van der Waals surface area contributed by atoms with Gasteiger partial charge < -0.3 is 10.4 Å². The minimum atomic E-state index is -0.978. The van der Waals surface area contributed by atoms with Gasteiger partial charge in [0, 0.05) is 12.1 Å². The van der Waals surface area contributed by atoms with Crippen LogP contribution in [0.3, 0.4) is 0 Å². The van der Waals surface area contributed by atoms with E-state index in [0.717, 1.165) is 0 Å². The third-order valence-electron chi connectivity index (χ3n) is 2.21. The van der Waals surface area contributed by atoms with Crippen molar-refractivity contribution in [3.8, 4) is 0 Å². The number of rotatable bonds is 5. The normalized spacial score (nSPS) is 12.1. The highest BCUT2D eigenvalue weighted by Crippen LogP contribution is 2.14. The molecule has 0 radical (unpaired) electrons. The summed E-state index contributed by atoms with van der Waals surface area (Å²) in [5.41, 5.74) is 0.591. The molecule has 6 nitrogen and oxygen atoms in total. The molecule has 1 aromatic rings. The van der Waals surface area contributed by atoms with Crippen LogP contribution in [0.5, 0.6) is 0 Å².